The number of amides is 5. The van der Waals surface area contributed by atoms with Crippen LogP contribution in [0, 0.1) is 23.2 Å². The van der Waals surface area contributed by atoms with Gasteiger partial charge >= 0.3 is 30.0 Å². The van der Waals surface area contributed by atoms with Crippen molar-refractivity contribution in [1.29, 1.82) is 0 Å². The first-order valence-electron chi connectivity index (χ1n) is 47.9. The number of esters is 3. The lowest BCUT2D eigenvalue weighted by atomic mass is 9.91. The number of aromatic nitrogens is 5. The van der Waals surface area contributed by atoms with Gasteiger partial charge in [-0.3, -0.25) is 43.3 Å². The lowest BCUT2D eigenvalue weighted by molar-refractivity contribution is -0.157. The van der Waals surface area contributed by atoms with E-state index in [2.05, 4.69) is 141 Å². The Morgan fingerprint density at radius 1 is 0.417 bits per heavy atom. The van der Waals surface area contributed by atoms with Gasteiger partial charge in [0.1, 0.15) is 25.9 Å². The van der Waals surface area contributed by atoms with Crippen LogP contribution in [-0.4, -0.2) is 104 Å². The SMILES string of the molecule is CCC(C)(C)C(=O)OCC(O)Cn1c2ccccc2c(=O)c2ccccc21.CCC(C)(C)C(=O)OCCNC(=O)Nc1ccc2c(c1)NC(=O)C2.CCC(C)(C)C(=O)OCCNC(=O)Nc1cccc2ccc(C)nc12.CCC(C)c1ccccc1.CCC(C)c1ccccc1.CCn1c2ccccc2c(=O)c2cc3[nH]c4ccccc4c(=O)c3cc21.CCn1c2ccccc2c(=O)c2ccccc21. The van der Waals surface area contributed by atoms with Crippen LogP contribution >= 0.6 is 0 Å². The predicted octanol–water partition coefficient (Wildman–Crippen LogP) is 23.2. The van der Waals surface area contributed by atoms with Gasteiger partial charge in [-0.25, -0.2) is 9.59 Å². The monoisotopic (exact) mass is 1870 g/mol. The molecule has 1 aliphatic rings. The van der Waals surface area contributed by atoms with E-state index in [4.69, 9.17) is 14.2 Å². The van der Waals surface area contributed by atoms with Crippen molar-refractivity contribution in [2.24, 2.45) is 16.2 Å². The van der Waals surface area contributed by atoms with Gasteiger partial charge in [0.05, 0.1) is 92.1 Å². The Labute approximate surface area is 810 Å². The van der Waals surface area contributed by atoms with Crippen molar-refractivity contribution < 1.29 is 48.1 Å². The number of hydrogen-bond acceptors (Lipinski definition) is 15. The van der Waals surface area contributed by atoms with Crippen LogP contribution in [0.15, 0.2) is 286 Å². The molecule has 6 heterocycles. The number of carbonyl (C=O) groups excluding carboxylic acids is 6. The predicted molar refractivity (Wildman–Crippen MR) is 565 cm³/mol. The van der Waals surface area contributed by atoms with Crippen LogP contribution in [0.2, 0.25) is 0 Å². The summed E-state index contributed by atoms with van der Waals surface area (Å²) in [6, 6.07) is 84.3. The van der Waals surface area contributed by atoms with Crippen LogP contribution in [0.3, 0.4) is 0 Å². The topological polar surface area (TPSA) is 322 Å². The zero-order chi connectivity index (χ0) is 100. The molecule has 7 N–H and O–H groups in total. The molecule has 5 aromatic heterocycles. The zero-order valence-corrected chi connectivity index (χ0v) is 82.6. The number of urea groups is 2. The minimum atomic E-state index is -0.879. The van der Waals surface area contributed by atoms with E-state index in [-0.39, 0.29) is 91.0 Å². The summed E-state index contributed by atoms with van der Waals surface area (Å²) in [4.78, 5) is 130. The number of aromatic amines is 1. The molecule has 0 bridgehead atoms. The number of para-hydroxylation sites is 7. The van der Waals surface area contributed by atoms with Gasteiger partial charge in [-0.1, -0.05) is 206 Å². The normalized spacial score (nSPS) is 12.2. The number of hydrogen-bond donors (Lipinski definition) is 7. The number of benzene rings is 11. The standard InChI is InChI=1S/C22H16N2O2.C22H25NO4.C19H25N3O3.C17H23N3O4.C15H13NO.2C10H14/c1-2-24-19-10-6-4-8-14(19)22(26)16-11-18-15(12-20(16)24)21(25)13-7-3-5-9-17(13)23-18;1-4-22(2,3)21(26)27-14-15(24)13-23-18-11-7-5-9-16(18)20(25)17-10-6-8-12-19(17)23;1-5-19(3,4)17(23)25-12-11-20-18(24)22-15-8-6-7-14-10-9-13(2)21-16(14)15;1-4-17(2,3)15(22)24-8-7-18-16(23)19-12-6-5-11-9-14(21)20-13(11)10-12;1-2-16-13-9-5-3-7-11(13)15(17)12-8-4-6-10-14(12)16;2*1-3-9(2)10-7-5-4-6-8-10/h3-12H,2H2,1H3,(H,23,25);5-12,15,24H,4,13-14H2,1-3H3;6-10H,5,11-12H2,1-4H3,(H2,20,22,24);5-6,10H,4,7-9H2,1-3H3,(H,20,21)(H2,18,19,23);3-10H,2H2,1H3;2*4-9H,3H2,1-2H3. The average Bonchev–Trinajstić information content (AvgIpc) is 0.945. The highest BCUT2D eigenvalue weighted by atomic mass is 16.5. The van der Waals surface area contributed by atoms with Crippen LogP contribution in [-0.2, 0) is 59.4 Å². The van der Waals surface area contributed by atoms with Crippen molar-refractivity contribution >= 4 is 151 Å². The maximum atomic E-state index is 13.0. The molecule has 139 heavy (non-hydrogen) atoms. The maximum absolute atomic E-state index is 13.0. The number of rotatable bonds is 24. The number of aliphatic hydroxyl groups is 1. The number of aliphatic hydroxyl groups excluding tert-OH is 1. The van der Waals surface area contributed by atoms with Crippen LogP contribution in [0.25, 0.3) is 98.1 Å². The Bertz CT molecular complexity index is 7140. The summed E-state index contributed by atoms with van der Waals surface area (Å²) < 4.78 is 21.8. The summed E-state index contributed by atoms with van der Waals surface area (Å²) in [7, 11) is 0. The molecule has 0 spiro atoms. The van der Waals surface area contributed by atoms with E-state index in [1.165, 1.54) is 24.0 Å². The van der Waals surface area contributed by atoms with E-state index < -0.39 is 28.4 Å². The molecule has 5 amide bonds. The second-order valence-electron chi connectivity index (χ2n) is 36.5. The van der Waals surface area contributed by atoms with Crippen LogP contribution in [0.1, 0.15) is 170 Å². The number of H-pyrrole nitrogens is 1. The van der Waals surface area contributed by atoms with Gasteiger partial charge in [0.15, 0.2) is 21.7 Å². The molecule has 11 aromatic carbocycles. The van der Waals surface area contributed by atoms with Crippen molar-refractivity contribution in [3.05, 3.63) is 330 Å². The zero-order valence-electron chi connectivity index (χ0n) is 82.6. The number of pyridine rings is 5. The summed E-state index contributed by atoms with van der Waals surface area (Å²) in [5.74, 6) is 0.511. The first-order valence-corrected chi connectivity index (χ1v) is 47.9. The molecule has 1 aliphatic heterocycles. The Morgan fingerprint density at radius 3 is 1.29 bits per heavy atom. The molecule has 0 saturated heterocycles. The van der Waals surface area contributed by atoms with Gasteiger partial charge in [0.2, 0.25) is 5.91 Å². The Kier molecular flexibility index (Phi) is 36.6. The van der Waals surface area contributed by atoms with Crippen molar-refractivity contribution in [3.63, 3.8) is 0 Å². The number of ether oxygens (including phenoxy) is 3. The van der Waals surface area contributed by atoms with Crippen molar-refractivity contribution in [3.8, 4) is 0 Å². The fourth-order valence-corrected chi connectivity index (χ4v) is 15.7. The molecule has 0 fully saturated rings. The number of nitrogens with one attached hydrogen (secondary N) is 6. The number of carbonyl (C=O) groups is 6. The minimum absolute atomic E-state index is 0.00351. The van der Waals surface area contributed by atoms with E-state index in [1.807, 2.05) is 251 Å². The van der Waals surface area contributed by atoms with Crippen molar-refractivity contribution in [2.75, 3.05) is 48.9 Å². The van der Waals surface area contributed by atoms with Gasteiger partial charge in [-0.15, -0.1) is 0 Å². The van der Waals surface area contributed by atoms with Crippen molar-refractivity contribution in [1.82, 2.24) is 34.3 Å². The summed E-state index contributed by atoms with van der Waals surface area (Å²) in [5.41, 5.74) is 12.5. The van der Waals surface area contributed by atoms with Crippen molar-refractivity contribution in [2.45, 2.75) is 187 Å². The second kappa shape index (κ2) is 48.7. The molecular weight excluding hydrogens is 1750 g/mol. The summed E-state index contributed by atoms with van der Waals surface area (Å²) in [5, 5.41) is 30.3. The van der Waals surface area contributed by atoms with Crippen LogP contribution in [0.5, 0.6) is 0 Å². The van der Waals surface area contributed by atoms with E-state index in [0.29, 0.717) is 99.0 Å². The number of aryl methyl sites for hydroxylation is 3. The van der Waals surface area contributed by atoms with Gasteiger partial charge < -0.3 is 64.6 Å². The number of anilines is 3. The first-order chi connectivity index (χ1) is 66.7. The van der Waals surface area contributed by atoms with Crippen LogP contribution in [0.4, 0.5) is 26.7 Å². The Morgan fingerprint density at radius 2 is 0.827 bits per heavy atom. The van der Waals surface area contributed by atoms with E-state index >= 15 is 0 Å². The number of nitrogens with zero attached hydrogens (tertiary/aromatic N) is 4. The molecule has 0 saturated carbocycles. The largest absolute Gasteiger partial charge is 0.463 e. The summed E-state index contributed by atoms with van der Waals surface area (Å²) >= 11 is 0. The van der Waals surface area contributed by atoms with E-state index in [0.717, 1.165) is 78.1 Å². The molecule has 3 atom stereocenters. The summed E-state index contributed by atoms with van der Waals surface area (Å²) in [6.07, 6.45) is 3.99. The summed E-state index contributed by atoms with van der Waals surface area (Å²) in [6.45, 7) is 34.2. The lowest BCUT2D eigenvalue weighted by Crippen LogP contribution is -2.34. The van der Waals surface area contributed by atoms with Crippen LogP contribution < -0.4 is 48.3 Å². The highest BCUT2D eigenvalue weighted by Gasteiger charge is 2.30. The van der Waals surface area contributed by atoms with E-state index in [9.17, 15) is 53.1 Å². The average molecular weight is 1880 g/mol. The minimum Gasteiger partial charge on any atom is -0.463 e. The smallest absolute Gasteiger partial charge is 0.319 e. The third-order valence-electron chi connectivity index (χ3n) is 25.6. The van der Waals surface area contributed by atoms with Gasteiger partial charge in [0.25, 0.3) is 0 Å². The molecule has 24 heteroatoms. The molecule has 3 unspecified atom stereocenters. The Balaban J connectivity index is 0.000000159. The molecular formula is C115H130N10O14. The molecule has 16 aromatic rings. The number of fused-ring (bicyclic) bond motifs is 10. The second-order valence-corrected chi connectivity index (χ2v) is 36.5. The van der Waals surface area contributed by atoms with Gasteiger partial charge in [-0.05, 0) is 232 Å². The third kappa shape index (κ3) is 26.5. The van der Waals surface area contributed by atoms with Gasteiger partial charge in [0, 0.05) is 84.2 Å². The fourth-order valence-electron chi connectivity index (χ4n) is 15.7. The maximum Gasteiger partial charge on any atom is 0.319 e. The molecule has 0 radical (unpaired) electrons. The quantitative estimate of drug-likeness (QED) is 0.0128. The first kappa shape index (κ1) is 105. The highest BCUT2D eigenvalue weighted by molar-refractivity contribution is 6.05. The molecule has 24 nitrogen and oxygen atoms in total. The van der Waals surface area contributed by atoms with Gasteiger partial charge in [-0.2, -0.15) is 0 Å². The fraction of sp³-hybridized carbons (Fsp3) is 0.313. The van der Waals surface area contributed by atoms with E-state index in [1.54, 1.807) is 36.4 Å². The Hall–Kier alpha value is -14.9. The third-order valence-corrected chi connectivity index (χ3v) is 25.6. The highest BCUT2D eigenvalue weighted by Crippen LogP contribution is 2.32. The lowest BCUT2D eigenvalue weighted by Gasteiger charge is -2.22. The molecule has 17 rings (SSSR count). The molecule has 724 valence electrons. The molecule has 0 aliphatic carbocycles.